The Morgan fingerprint density at radius 1 is 1.15 bits per heavy atom. The van der Waals surface area contributed by atoms with Crippen molar-refractivity contribution < 1.29 is 9.18 Å². The minimum absolute atomic E-state index is 0.387. The first-order valence-corrected chi connectivity index (χ1v) is 5.01. The van der Waals surface area contributed by atoms with Gasteiger partial charge < -0.3 is 4.79 Å². The Bertz CT molecular complexity index is 134. The molecule has 0 bridgehead atoms. The normalized spacial score (nSPS) is 12.4. The van der Waals surface area contributed by atoms with Crippen molar-refractivity contribution in [1.82, 2.24) is 0 Å². The lowest BCUT2D eigenvalue weighted by Gasteiger charge is -2.00. The molecule has 1 nitrogen and oxygen atoms in total. The molecule has 0 spiro atoms. The zero-order chi connectivity index (χ0) is 9.94. The van der Waals surface area contributed by atoms with E-state index in [0.29, 0.717) is 12.7 Å². The monoisotopic (exact) mass is 186 g/mol. The summed E-state index contributed by atoms with van der Waals surface area (Å²) < 4.78 is 12.4. The van der Waals surface area contributed by atoms with Crippen molar-refractivity contribution in [3.8, 4) is 0 Å². The molecule has 1 atom stereocenters. The van der Waals surface area contributed by atoms with Gasteiger partial charge in [0.2, 0.25) is 0 Å². The second-order valence-corrected chi connectivity index (χ2v) is 3.29. The molecule has 0 aliphatic rings. The first-order chi connectivity index (χ1) is 6.31. The van der Waals surface area contributed by atoms with E-state index in [0.717, 1.165) is 25.7 Å². The molecule has 0 radical (unpaired) electrons. The Morgan fingerprint density at radius 2 is 1.77 bits per heavy atom. The molecule has 0 aliphatic carbocycles. The third kappa shape index (κ3) is 9.25. The second-order valence-electron chi connectivity index (χ2n) is 3.29. The fraction of sp³-hybridized carbons (Fsp3) is 0.727. The van der Waals surface area contributed by atoms with Crippen LogP contribution >= 0.6 is 0 Å². The van der Waals surface area contributed by atoms with E-state index in [9.17, 15) is 9.18 Å². The van der Waals surface area contributed by atoms with Crippen LogP contribution in [0.15, 0.2) is 12.7 Å². The molecule has 0 saturated heterocycles. The van der Waals surface area contributed by atoms with Gasteiger partial charge in [-0.1, -0.05) is 31.8 Å². The summed E-state index contributed by atoms with van der Waals surface area (Å²) in [6.45, 7) is 3.64. The third-order valence-corrected chi connectivity index (χ3v) is 2.04. The van der Waals surface area contributed by atoms with Gasteiger partial charge in [0.15, 0.2) is 12.5 Å². The van der Waals surface area contributed by atoms with Crippen LogP contribution in [0.2, 0.25) is 0 Å². The molecular formula is C11H19FO. The van der Waals surface area contributed by atoms with Gasteiger partial charge in [-0.15, -0.1) is 6.58 Å². The highest BCUT2D eigenvalue weighted by Crippen LogP contribution is 2.09. The number of unbranched alkanes of at least 4 members (excludes halogenated alkanes) is 5. The van der Waals surface area contributed by atoms with Gasteiger partial charge in [-0.05, 0) is 19.3 Å². The van der Waals surface area contributed by atoms with Crippen molar-refractivity contribution in [2.45, 2.75) is 51.1 Å². The Kier molecular flexibility index (Phi) is 8.95. The number of carbonyl (C=O) groups excluding carboxylic acids is 1. The van der Waals surface area contributed by atoms with Crippen LogP contribution < -0.4 is 0 Å². The summed E-state index contributed by atoms with van der Waals surface area (Å²) in [5.41, 5.74) is 0. The number of hydrogen-bond donors (Lipinski definition) is 0. The maximum Gasteiger partial charge on any atom is 0.155 e. The van der Waals surface area contributed by atoms with E-state index in [1.165, 1.54) is 12.8 Å². The Labute approximate surface area is 80.0 Å². The lowest BCUT2D eigenvalue weighted by atomic mass is 10.1. The SMILES string of the molecule is C=CCCCCCCC[C@@H](F)C=O. The van der Waals surface area contributed by atoms with Crippen molar-refractivity contribution in [3.05, 3.63) is 12.7 Å². The largest absolute Gasteiger partial charge is 0.300 e. The maximum atomic E-state index is 12.4. The molecule has 76 valence electrons. The van der Waals surface area contributed by atoms with Crippen LogP contribution in [0.25, 0.3) is 0 Å². The Hall–Kier alpha value is -0.660. The predicted molar refractivity (Wildman–Crippen MR) is 53.5 cm³/mol. The molecule has 0 heterocycles. The fourth-order valence-electron chi connectivity index (χ4n) is 1.23. The van der Waals surface area contributed by atoms with Crippen LogP contribution in [-0.4, -0.2) is 12.5 Å². The van der Waals surface area contributed by atoms with Gasteiger partial charge in [-0.2, -0.15) is 0 Å². The lowest BCUT2D eigenvalue weighted by molar-refractivity contribution is -0.112. The molecule has 0 fully saturated rings. The molecule has 0 aliphatic heterocycles. The number of rotatable bonds is 9. The van der Waals surface area contributed by atoms with Crippen LogP contribution in [-0.2, 0) is 4.79 Å². The Balaban J connectivity index is 2.99. The number of carbonyl (C=O) groups is 1. The topological polar surface area (TPSA) is 17.1 Å². The van der Waals surface area contributed by atoms with Crippen molar-refractivity contribution in [1.29, 1.82) is 0 Å². The predicted octanol–water partition coefficient (Wildman–Crippen LogP) is 3.44. The molecular weight excluding hydrogens is 167 g/mol. The van der Waals surface area contributed by atoms with Gasteiger partial charge in [0.1, 0.15) is 0 Å². The highest BCUT2D eigenvalue weighted by Gasteiger charge is 2.02. The lowest BCUT2D eigenvalue weighted by Crippen LogP contribution is -2.00. The van der Waals surface area contributed by atoms with Crippen molar-refractivity contribution in [2.75, 3.05) is 0 Å². The molecule has 0 N–H and O–H groups in total. The van der Waals surface area contributed by atoms with Gasteiger partial charge in [0, 0.05) is 0 Å². The zero-order valence-electron chi connectivity index (χ0n) is 8.18. The summed E-state index contributed by atoms with van der Waals surface area (Å²) in [6.07, 6.45) is 7.89. The number of hydrogen-bond acceptors (Lipinski definition) is 1. The van der Waals surface area contributed by atoms with E-state index in [1.807, 2.05) is 6.08 Å². The van der Waals surface area contributed by atoms with Crippen molar-refractivity contribution in [3.63, 3.8) is 0 Å². The first-order valence-electron chi connectivity index (χ1n) is 5.01. The van der Waals surface area contributed by atoms with Gasteiger partial charge in [0.05, 0.1) is 0 Å². The summed E-state index contributed by atoms with van der Waals surface area (Å²) in [4.78, 5) is 9.92. The van der Waals surface area contributed by atoms with Crippen LogP contribution in [0.3, 0.4) is 0 Å². The smallest absolute Gasteiger partial charge is 0.155 e. The molecule has 0 aromatic heterocycles. The summed E-state index contributed by atoms with van der Waals surface area (Å²) >= 11 is 0. The maximum absolute atomic E-state index is 12.4. The fourth-order valence-corrected chi connectivity index (χ4v) is 1.23. The molecule has 13 heavy (non-hydrogen) atoms. The molecule has 2 heteroatoms. The quantitative estimate of drug-likeness (QED) is 0.306. The van der Waals surface area contributed by atoms with E-state index in [1.54, 1.807) is 0 Å². The second kappa shape index (κ2) is 9.43. The first kappa shape index (κ1) is 12.3. The molecule has 0 aromatic rings. The summed E-state index contributed by atoms with van der Waals surface area (Å²) in [5.74, 6) is 0. The minimum Gasteiger partial charge on any atom is -0.300 e. The van der Waals surface area contributed by atoms with Crippen LogP contribution in [0.5, 0.6) is 0 Å². The summed E-state index contributed by atoms with van der Waals surface area (Å²) in [6, 6.07) is 0. The van der Waals surface area contributed by atoms with Gasteiger partial charge in [0.25, 0.3) is 0 Å². The highest BCUT2D eigenvalue weighted by molar-refractivity contribution is 5.55. The van der Waals surface area contributed by atoms with E-state index in [4.69, 9.17) is 0 Å². The summed E-state index contributed by atoms with van der Waals surface area (Å²) in [5, 5.41) is 0. The minimum atomic E-state index is -1.24. The van der Waals surface area contributed by atoms with E-state index in [2.05, 4.69) is 6.58 Å². The number of aldehydes is 1. The van der Waals surface area contributed by atoms with Gasteiger partial charge >= 0.3 is 0 Å². The molecule has 0 unspecified atom stereocenters. The van der Waals surface area contributed by atoms with Gasteiger partial charge in [-0.25, -0.2) is 4.39 Å². The third-order valence-electron chi connectivity index (χ3n) is 2.04. The standard InChI is InChI=1S/C11H19FO/c1-2-3-4-5-6-7-8-9-11(12)10-13/h2,10-11H,1,3-9H2/t11-/m1/s1. The molecule has 0 rings (SSSR count). The average molecular weight is 186 g/mol. The van der Waals surface area contributed by atoms with Crippen LogP contribution in [0.4, 0.5) is 4.39 Å². The van der Waals surface area contributed by atoms with Gasteiger partial charge in [-0.3, -0.25) is 0 Å². The molecule has 0 amide bonds. The zero-order valence-corrected chi connectivity index (χ0v) is 8.18. The number of halogens is 1. The van der Waals surface area contributed by atoms with E-state index >= 15 is 0 Å². The van der Waals surface area contributed by atoms with Crippen molar-refractivity contribution >= 4 is 6.29 Å². The Morgan fingerprint density at radius 3 is 2.38 bits per heavy atom. The molecule has 0 saturated carbocycles. The van der Waals surface area contributed by atoms with Crippen molar-refractivity contribution in [2.24, 2.45) is 0 Å². The van der Waals surface area contributed by atoms with Crippen LogP contribution in [0.1, 0.15) is 44.9 Å². The van der Waals surface area contributed by atoms with E-state index in [-0.39, 0.29) is 0 Å². The average Bonchev–Trinajstić information content (AvgIpc) is 2.16. The number of allylic oxidation sites excluding steroid dienone is 1. The van der Waals surface area contributed by atoms with Crippen LogP contribution in [0, 0.1) is 0 Å². The summed E-state index contributed by atoms with van der Waals surface area (Å²) in [7, 11) is 0. The highest BCUT2D eigenvalue weighted by atomic mass is 19.1. The molecule has 0 aromatic carbocycles. The number of alkyl halides is 1. The van der Waals surface area contributed by atoms with E-state index < -0.39 is 6.17 Å².